The van der Waals surface area contributed by atoms with Crippen molar-refractivity contribution >= 4 is 29.1 Å². The Kier molecular flexibility index (Phi) is 5.11. The van der Waals surface area contributed by atoms with Crippen molar-refractivity contribution in [1.29, 1.82) is 0 Å². The van der Waals surface area contributed by atoms with Crippen molar-refractivity contribution in [3.8, 4) is 0 Å². The van der Waals surface area contributed by atoms with Gasteiger partial charge < -0.3 is 10.6 Å². The molecule has 1 saturated carbocycles. The zero-order valence-corrected chi connectivity index (χ0v) is 13.8. The van der Waals surface area contributed by atoms with E-state index in [1.807, 2.05) is 24.3 Å². The lowest BCUT2D eigenvalue weighted by atomic mass is 10.1. The van der Waals surface area contributed by atoms with Crippen molar-refractivity contribution < 1.29 is 9.59 Å². The van der Waals surface area contributed by atoms with E-state index < -0.39 is 0 Å². The first kappa shape index (κ1) is 16.5. The Morgan fingerprint density at radius 2 is 1.83 bits per heavy atom. The van der Waals surface area contributed by atoms with Gasteiger partial charge in [0.2, 0.25) is 11.8 Å². The Bertz CT molecular complexity index is 719. The first-order chi connectivity index (χ1) is 11.6. The fourth-order valence-corrected chi connectivity index (χ4v) is 2.78. The topological polar surface area (TPSA) is 71.1 Å². The maximum atomic E-state index is 12.1. The van der Waals surface area contributed by atoms with Gasteiger partial charge in [0, 0.05) is 42.0 Å². The SMILES string of the molecule is O=C(CCNC(=O)[C@@H]1C[C@@H]1c1ccc(Cl)cc1)Nc1ccncc1. The quantitative estimate of drug-likeness (QED) is 0.847. The molecule has 0 bridgehead atoms. The highest BCUT2D eigenvalue weighted by molar-refractivity contribution is 6.30. The van der Waals surface area contributed by atoms with Crippen LogP contribution in [0.15, 0.2) is 48.8 Å². The first-order valence-electron chi connectivity index (χ1n) is 7.86. The van der Waals surface area contributed by atoms with Crippen LogP contribution in [0.5, 0.6) is 0 Å². The zero-order valence-electron chi connectivity index (χ0n) is 13.0. The maximum Gasteiger partial charge on any atom is 0.226 e. The Labute approximate surface area is 145 Å². The second kappa shape index (κ2) is 7.45. The molecular formula is C18H18ClN3O2. The van der Waals surface area contributed by atoms with E-state index in [-0.39, 0.29) is 30.1 Å². The lowest BCUT2D eigenvalue weighted by Crippen LogP contribution is -2.29. The molecule has 2 N–H and O–H groups in total. The number of pyridine rings is 1. The summed E-state index contributed by atoms with van der Waals surface area (Å²) in [5.41, 5.74) is 1.83. The minimum absolute atomic E-state index is 0.00515. The van der Waals surface area contributed by atoms with Crippen molar-refractivity contribution in [1.82, 2.24) is 10.3 Å². The number of halogens is 1. The molecule has 0 saturated heterocycles. The van der Waals surface area contributed by atoms with Crippen LogP contribution in [-0.4, -0.2) is 23.3 Å². The average Bonchev–Trinajstić information content (AvgIpc) is 3.37. The van der Waals surface area contributed by atoms with Crippen LogP contribution >= 0.6 is 11.6 Å². The van der Waals surface area contributed by atoms with Gasteiger partial charge >= 0.3 is 0 Å². The van der Waals surface area contributed by atoms with E-state index in [2.05, 4.69) is 15.6 Å². The van der Waals surface area contributed by atoms with Crippen molar-refractivity contribution in [3.05, 3.63) is 59.4 Å². The van der Waals surface area contributed by atoms with Crippen LogP contribution in [0, 0.1) is 5.92 Å². The van der Waals surface area contributed by atoms with Gasteiger partial charge in [-0.15, -0.1) is 0 Å². The maximum absolute atomic E-state index is 12.1. The third-order valence-corrected chi connectivity index (χ3v) is 4.29. The first-order valence-corrected chi connectivity index (χ1v) is 8.24. The van der Waals surface area contributed by atoms with Crippen molar-refractivity contribution in [2.45, 2.75) is 18.8 Å². The molecule has 0 spiro atoms. The van der Waals surface area contributed by atoms with E-state index in [0.717, 1.165) is 12.0 Å². The molecule has 1 heterocycles. The molecule has 0 unspecified atom stereocenters. The molecule has 0 aliphatic heterocycles. The van der Waals surface area contributed by atoms with Crippen LogP contribution in [0.25, 0.3) is 0 Å². The number of nitrogens with one attached hydrogen (secondary N) is 2. The summed E-state index contributed by atoms with van der Waals surface area (Å²) in [5, 5.41) is 6.29. The van der Waals surface area contributed by atoms with Gasteiger partial charge in [0.25, 0.3) is 0 Å². The molecule has 1 aromatic carbocycles. The van der Waals surface area contributed by atoms with Gasteiger partial charge in [-0.2, -0.15) is 0 Å². The van der Waals surface area contributed by atoms with Gasteiger partial charge in [0.1, 0.15) is 0 Å². The number of carbonyl (C=O) groups excluding carboxylic acids is 2. The molecule has 2 atom stereocenters. The van der Waals surface area contributed by atoms with E-state index in [1.54, 1.807) is 24.5 Å². The van der Waals surface area contributed by atoms with Crippen molar-refractivity contribution in [2.75, 3.05) is 11.9 Å². The van der Waals surface area contributed by atoms with E-state index in [9.17, 15) is 9.59 Å². The number of anilines is 1. The van der Waals surface area contributed by atoms with Crippen molar-refractivity contribution in [3.63, 3.8) is 0 Å². The Hall–Kier alpha value is -2.40. The fourth-order valence-electron chi connectivity index (χ4n) is 2.65. The fraction of sp³-hybridized carbons (Fsp3) is 0.278. The number of nitrogens with zero attached hydrogens (tertiary/aromatic N) is 1. The minimum Gasteiger partial charge on any atom is -0.355 e. The molecule has 1 fully saturated rings. The van der Waals surface area contributed by atoms with Crippen LogP contribution in [0.4, 0.5) is 5.69 Å². The number of hydrogen-bond donors (Lipinski definition) is 2. The molecular weight excluding hydrogens is 326 g/mol. The standard InChI is InChI=1S/C18H18ClN3O2/c19-13-3-1-12(2-4-13)15-11-16(15)18(24)21-10-7-17(23)22-14-5-8-20-9-6-14/h1-6,8-9,15-16H,7,10-11H2,(H,21,24)(H,20,22,23)/t15-,16-/m1/s1. The number of carbonyl (C=O) groups is 2. The highest BCUT2D eigenvalue weighted by atomic mass is 35.5. The molecule has 1 aromatic heterocycles. The summed E-state index contributed by atoms with van der Waals surface area (Å²) in [6.07, 6.45) is 4.31. The Morgan fingerprint density at radius 1 is 1.12 bits per heavy atom. The summed E-state index contributed by atoms with van der Waals surface area (Å²) >= 11 is 5.87. The summed E-state index contributed by atoms with van der Waals surface area (Å²) in [6, 6.07) is 11.0. The second-order valence-corrected chi connectivity index (χ2v) is 6.26. The van der Waals surface area contributed by atoms with E-state index in [1.165, 1.54) is 0 Å². The third kappa shape index (κ3) is 4.32. The molecule has 5 nitrogen and oxygen atoms in total. The molecule has 2 amide bonds. The normalized spacial score (nSPS) is 18.7. The minimum atomic E-state index is -0.133. The molecule has 24 heavy (non-hydrogen) atoms. The summed E-state index contributed by atoms with van der Waals surface area (Å²) in [7, 11) is 0. The summed E-state index contributed by atoms with van der Waals surface area (Å²) < 4.78 is 0. The molecule has 6 heteroatoms. The molecule has 124 valence electrons. The lowest BCUT2D eigenvalue weighted by Gasteiger charge is -2.06. The van der Waals surface area contributed by atoms with Crippen LogP contribution in [0.2, 0.25) is 5.02 Å². The van der Waals surface area contributed by atoms with Crippen molar-refractivity contribution in [2.24, 2.45) is 5.92 Å². The number of amides is 2. The number of benzene rings is 1. The van der Waals surface area contributed by atoms with Crippen LogP contribution in [-0.2, 0) is 9.59 Å². The largest absolute Gasteiger partial charge is 0.355 e. The highest BCUT2D eigenvalue weighted by Gasteiger charge is 2.43. The number of rotatable bonds is 6. The molecule has 1 aliphatic carbocycles. The second-order valence-electron chi connectivity index (χ2n) is 5.83. The molecule has 1 aliphatic rings. The van der Waals surface area contributed by atoms with Gasteiger partial charge in [-0.25, -0.2) is 0 Å². The molecule has 2 aromatic rings. The predicted molar refractivity (Wildman–Crippen MR) is 92.8 cm³/mol. The lowest BCUT2D eigenvalue weighted by molar-refractivity contribution is -0.122. The van der Waals surface area contributed by atoms with Crippen LogP contribution in [0.1, 0.15) is 24.3 Å². The van der Waals surface area contributed by atoms with Gasteiger partial charge in [-0.1, -0.05) is 23.7 Å². The zero-order chi connectivity index (χ0) is 16.9. The predicted octanol–water partition coefficient (Wildman–Crippen LogP) is 2.98. The average molecular weight is 344 g/mol. The van der Waals surface area contributed by atoms with Gasteiger partial charge in [-0.05, 0) is 42.2 Å². The van der Waals surface area contributed by atoms with Gasteiger partial charge in [-0.3, -0.25) is 14.6 Å². The monoisotopic (exact) mass is 343 g/mol. The van der Waals surface area contributed by atoms with Gasteiger partial charge in [0.05, 0.1) is 0 Å². The number of hydrogen-bond acceptors (Lipinski definition) is 3. The van der Waals surface area contributed by atoms with E-state index in [4.69, 9.17) is 11.6 Å². The Morgan fingerprint density at radius 3 is 2.54 bits per heavy atom. The van der Waals surface area contributed by atoms with Gasteiger partial charge in [0.15, 0.2) is 0 Å². The molecule has 3 rings (SSSR count). The smallest absolute Gasteiger partial charge is 0.226 e. The van der Waals surface area contributed by atoms with E-state index in [0.29, 0.717) is 17.3 Å². The summed E-state index contributed by atoms with van der Waals surface area (Å²) in [6.45, 7) is 0.333. The van der Waals surface area contributed by atoms with Crippen LogP contribution in [0.3, 0.4) is 0 Å². The Balaban J connectivity index is 1.39. The van der Waals surface area contributed by atoms with Crippen LogP contribution < -0.4 is 10.6 Å². The third-order valence-electron chi connectivity index (χ3n) is 4.04. The summed E-state index contributed by atoms with van der Waals surface area (Å²) in [5.74, 6) is 0.126. The summed E-state index contributed by atoms with van der Waals surface area (Å²) in [4.78, 5) is 27.8. The van der Waals surface area contributed by atoms with E-state index >= 15 is 0 Å². The molecule has 0 radical (unpaired) electrons. The highest BCUT2D eigenvalue weighted by Crippen LogP contribution is 2.47. The number of aromatic nitrogens is 1.